The van der Waals surface area contributed by atoms with Crippen LogP contribution >= 0.6 is 27.7 Å². The summed E-state index contributed by atoms with van der Waals surface area (Å²) in [5, 5.41) is 2.73. The van der Waals surface area contributed by atoms with Crippen LogP contribution in [-0.2, 0) is 0 Å². The van der Waals surface area contributed by atoms with Gasteiger partial charge < -0.3 is 11.1 Å². The van der Waals surface area contributed by atoms with Crippen LogP contribution in [0.1, 0.15) is 10.4 Å². The Morgan fingerprint density at radius 3 is 2.63 bits per heavy atom. The Morgan fingerprint density at radius 2 is 2.05 bits per heavy atom. The molecule has 6 heteroatoms. The second-order valence-corrected chi connectivity index (χ2v) is 5.52. The summed E-state index contributed by atoms with van der Waals surface area (Å²) in [4.78, 5) is 17.2. The van der Waals surface area contributed by atoms with E-state index in [0.717, 1.165) is 4.90 Å². The van der Waals surface area contributed by atoms with Gasteiger partial charge in [0.15, 0.2) is 0 Å². The Labute approximate surface area is 123 Å². The van der Waals surface area contributed by atoms with Crippen molar-refractivity contribution in [2.75, 3.05) is 17.3 Å². The van der Waals surface area contributed by atoms with Crippen LogP contribution in [0.15, 0.2) is 45.9 Å². The molecule has 3 N–H and O–H groups in total. The molecule has 1 heterocycles. The molecule has 2 rings (SSSR count). The Kier molecular flexibility index (Phi) is 4.44. The lowest BCUT2D eigenvalue weighted by atomic mass is 10.2. The normalized spacial score (nSPS) is 10.2. The highest BCUT2D eigenvalue weighted by atomic mass is 79.9. The molecule has 0 bridgehead atoms. The van der Waals surface area contributed by atoms with Crippen LogP contribution in [0.3, 0.4) is 0 Å². The first-order chi connectivity index (χ1) is 9.10. The van der Waals surface area contributed by atoms with Crippen LogP contribution in [0, 0.1) is 0 Å². The third-order valence-electron chi connectivity index (χ3n) is 2.45. The molecule has 0 atom stereocenters. The molecule has 1 aromatic heterocycles. The predicted octanol–water partition coefficient (Wildman–Crippen LogP) is 3.40. The molecule has 0 aliphatic rings. The van der Waals surface area contributed by atoms with E-state index in [4.69, 9.17) is 5.73 Å². The Hall–Kier alpha value is -1.53. The van der Waals surface area contributed by atoms with Crippen molar-refractivity contribution in [3.8, 4) is 0 Å². The Bertz CT molecular complexity index is 601. The third-order valence-corrected chi connectivity index (χ3v) is 3.79. The summed E-state index contributed by atoms with van der Waals surface area (Å²) in [6.45, 7) is 0. The molecule has 0 spiro atoms. The molecule has 0 aliphatic carbocycles. The van der Waals surface area contributed by atoms with Crippen molar-refractivity contribution in [3.05, 3.63) is 46.6 Å². The maximum atomic E-state index is 12.0. The highest BCUT2D eigenvalue weighted by Gasteiger charge is 2.09. The maximum absolute atomic E-state index is 12.0. The minimum atomic E-state index is -0.203. The second-order valence-electron chi connectivity index (χ2n) is 3.78. The molecule has 0 saturated carbocycles. The van der Waals surface area contributed by atoms with Gasteiger partial charge in [0.25, 0.3) is 5.91 Å². The zero-order valence-electron chi connectivity index (χ0n) is 10.2. The number of hydrogen-bond donors (Lipinski definition) is 2. The van der Waals surface area contributed by atoms with E-state index in [1.54, 1.807) is 30.0 Å². The minimum Gasteiger partial charge on any atom is -0.397 e. The fraction of sp³-hybridized carbons (Fsp3) is 0.0769. The van der Waals surface area contributed by atoms with Gasteiger partial charge in [0.05, 0.1) is 16.4 Å². The van der Waals surface area contributed by atoms with Crippen LogP contribution in [0.2, 0.25) is 0 Å². The number of thioether (sulfide) groups is 1. The van der Waals surface area contributed by atoms with Gasteiger partial charge in [-0.15, -0.1) is 11.8 Å². The number of carbonyl (C=O) groups excluding carboxylic acids is 1. The summed E-state index contributed by atoms with van der Waals surface area (Å²) in [6, 6.07) is 9.08. The van der Waals surface area contributed by atoms with Crippen molar-refractivity contribution in [1.82, 2.24) is 4.98 Å². The number of nitrogens with two attached hydrogens (primary N) is 1. The molecule has 1 aromatic carbocycles. The molecule has 19 heavy (non-hydrogen) atoms. The predicted molar refractivity (Wildman–Crippen MR) is 82.5 cm³/mol. The van der Waals surface area contributed by atoms with Gasteiger partial charge in [0, 0.05) is 10.5 Å². The number of halogens is 1. The van der Waals surface area contributed by atoms with E-state index < -0.39 is 0 Å². The monoisotopic (exact) mass is 337 g/mol. The van der Waals surface area contributed by atoms with Crippen molar-refractivity contribution in [2.45, 2.75) is 4.90 Å². The fourth-order valence-electron chi connectivity index (χ4n) is 1.47. The number of pyridine rings is 1. The van der Waals surface area contributed by atoms with E-state index in [-0.39, 0.29) is 5.91 Å². The van der Waals surface area contributed by atoms with Crippen molar-refractivity contribution < 1.29 is 4.79 Å². The average Bonchev–Trinajstić information content (AvgIpc) is 2.42. The molecule has 0 fully saturated rings. The molecular formula is C13H12BrN3OS. The topological polar surface area (TPSA) is 68.0 Å². The minimum absolute atomic E-state index is 0.203. The summed E-state index contributed by atoms with van der Waals surface area (Å²) in [6.07, 6.45) is 3.49. The van der Waals surface area contributed by atoms with Crippen LogP contribution in [-0.4, -0.2) is 17.1 Å². The maximum Gasteiger partial charge on any atom is 0.256 e. The lowest BCUT2D eigenvalue weighted by Crippen LogP contribution is -2.13. The summed E-state index contributed by atoms with van der Waals surface area (Å²) in [5.41, 5.74) is 6.72. The molecule has 0 unspecified atom stereocenters. The average molecular weight is 338 g/mol. The molecule has 0 saturated heterocycles. The number of anilines is 2. The third kappa shape index (κ3) is 3.48. The van der Waals surface area contributed by atoms with E-state index >= 15 is 0 Å². The number of nitrogen functional groups attached to an aromatic ring is 1. The van der Waals surface area contributed by atoms with Gasteiger partial charge in [-0.1, -0.05) is 0 Å². The standard InChI is InChI=1S/C13H12BrN3OS/c1-19-10-4-2-8(3-5-10)13(18)17-12-11(14)6-9(15)7-16-12/h2-7H,15H2,1H3,(H,16,17,18). The van der Waals surface area contributed by atoms with Crippen molar-refractivity contribution >= 4 is 45.1 Å². The Morgan fingerprint density at radius 1 is 1.37 bits per heavy atom. The number of hydrogen-bond acceptors (Lipinski definition) is 4. The zero-order chi connectivity index (χ0) is 13.8. The number of amides is 1. The molecule has 0 radical (unpaired) electrons. The van der Waals surface area contributed by atoms with Gasteiger partial charge in [-0.2, -0.15) is 0 Å². The number of carbonyl (C=O) groups is 1. The van der Waals surface area contributed by atoms with Gasteiger partial charge in [-0.3, -0.25) is 4.79 Å². The van der Waals surface area contributed by atoms with Crippen molar-refractivity contribution in [3.63, 3.8) is 0 Å². The number of rotatable bonds is 3. The van der Waals surface area contributed by atoms with Crippen molar-refractivity contribution in [1.29, 1.82) is 0 Å². The zero-order valence-corrected chi connectivity index (χ0v) is 12.6. The first-order valence-electron chi connectivity index (χ1n) is 5.46. The Balaban J connectivity index is 2.15. The quantitative estimate of drug-likeness (QED) is 0.842. The van der Waals surface area contributed by atoms with Gasteiger partial charge in [-0.25, -0.2) is 4.98 Å². The highest BCUT2D eigenvalue weighted by Crippen LogP contribution is 2.22. The largest absolute Gasteiger partial charge is 0.397 e. The SMILES string of the molecule is CSc1ccc(C(=O)Nc2ncc(N)cc2Br)cc1. The fourth-order valence-corrected chi connectivity index (χ4v) is 2.34. The lowest BCUT2D eigenvalue weighted by molar-refractivity contribution is 0.102. The first kappa shape index (κ1) is 13.9. The summed E-state index contributed by atoms with van der Waals surface area (Å²) in [7, 11) is 0. The van der Waals surface area contributed by atoms with E-state index in [2.05, 4.69) is 26.2 Å². The van der Waals surface area contributed by atoms with Gasteiger partial charge in [-0.05, 0) is 52.5 Å². The number of nitrogens with one attached hydrogen (secondary N) is 1. The lowest BCUT2D eigenvalue weighted by Gasteiger charge is -2.07. The summed E-state index contributed by atoms with van der Waals surface area (Å²) in [5.74, 6) is 0.249. The van der Waals surface area contributed by atoms with E-state index in [0.29, 0.717) is 21.5 Å². The van der Waals surface area contributed by atoms with Crippen molar-refractivity contribution in [2.24, 2.45) is 0 Å². The molecule has 0 aliphatic heterocycles. The van der Waals surface area contributed by atoms with Gasteiger partial charge >= 0.3 is 0 Å². The number of nitrogens with zero attached hydrogens (tertiary/aromatic N) is 1. The van der Waals surface area contributed by atoms with Crippen LogP contribution in [0.5, 0.6) is 0 Å². The van der Waals surface area contributed by atoms with E-state index in [9.17, 15) is 4.79 Å². The van der Waals surface area contributed by atoms with Gasteiger partial charge in [0.1, 0.15) is 5.82 Å². The first-order valence-corrected chi connectivity index (χ1v) is 7.48. The second kappa shape index (κ2) is 6.08. The molecule has 98 valence electrons. The number of aromatic nitrogens is 1. The summed E-state index contributed by atoms with van der Waals surface area (Å²) >= 11 is 4.94. The molecular weight excluding hydrogens is 326 g/mol. The van der Waals surface area contributed by atoms with Gasteiger partial charge in [0.2, 0.25) is 0 Å². The summed E-state index contributed by atoms with van der Waals surface area (Å²) < 4.78 is 0.654. The highest BCUT2D eigenvalue weighted by molar-refractivity contribution is 9.10. The van der Waals surface area contributed by atoms with Crippen LogP contribution in [0.4, 0.5) is 11.5 Å². The smallest absolute Gasteiger partial charge is 0.256 e. The molecule has 2 aromatic rings. The van der Waals surface area contributed by atoms with E-state index in [1.807, 2.05) is 18.4 Å². The van der Waals surface area contributed by atoms with E-state index in [1.165, 1.54) is 6.20 Å². The van der Waals surface area contributed by atoms with Crippen LogP contribution in [0.25, 0.3) is 0 Å². The molecule has 4 nitrogen and oxygen atoms in total. The number of benzene rings is 1. The van der Waals surface area contributed by atoms with Crippen LogP contribution < -0.4 is 11.1 Å². The molecule has 1 amide bonds.